The molecule has 158 valence electrons. The van der Waals surface area contributed by atoms with Gasteiger partial charge in [-0.05, 0) is 55.2 Å². The van der Waals surface area contributed by atoms with Crippen LogP contribution in [0.3, 0.4) is 0 Å². The number of benzene rings is 2. The zero-order valence-corrected chi connectivity index (χ0v) is 18.1. The molecule has 2 aromatic carbocycles. The van der Waals surface area contributed by atoms with Gasteiger partial charge in [0.25, 0.3) is 10.0 Å². The maximum atomic E-state index is 13.3. The average molecular weight is 446 g/mol. The highest BCUT2D eigenvalue weighted by Gasteiger charge is 2.42. The van der Waals surface area contributed by atoms with Gasteiger partial charge in [-0.15, -0.1) is 0 Å². The Morgan fingerprint density at radius 2 is 1.80 bits per heavy atom. The van der Waals surface area contributed by atoms with Crippen LogP contribution in [-0.2, 0) is 20.2 Å². The number of aliphatic imine (C=N–C) groups is 1. The largest absolute Gasteiger partial charge is 0.325 e. The summed E-state index contributed by atoms with van der Waals surface area (Å²) in [6.45, 7) is 0.638. The molecule has 0 spiro atoms. The number of rotatable bonds is 5. The van der Waals surface area contributed by atoms with Crippen molar-refractivity contribution in [1.29, 1.82) is 0 Å². The lowest BCUT2D eigenvalue weighted by Crippen LogP contribution is -2.38. The summed E-state index contributed by atoms with van der Waals surface area (Å²) in [5.41, 5.74) is 0.690. The van der Waals surface area contributed by atoms with Crippen LogP contribution in [0.4, 0.5) is 5.69 Å². The van der Waals surface area contributed by atoms with Crippen molar-refractivity contribution in [2.45, 2.75) is 48.8 Å². The van der Waals surface area contributed by atoms with Crippen LogP contribution in [0.25, 0.3) is 0 Å². The van der Waals surface area contributed by atoms with E-state index in [-0.39, 0.29) is 10.8 Å². The van der Waals surface area contributed by atoms with Crippen molar-refractivity contribution in [1.82, 2.24) is 4.72 Å². The molecule has 30 heavy (non-hydrogen) atoms. The Labute approximate surface area is 181 Å². The summed E-state index contributed by atoms with van der Waals surface area (Å²) in [6.07, 6.45) is 4.86. The Balaban J connectivity index is 1.58. The van der Waals surface area contributed by atoms with E-state index in [0.29, 0.717) is 29.5 Å². The maximum absolute atomic E-state index is 13.3. The Hall–Kier alpha value is -2.38. The molecule has 2 N–H and O–H groups in total. The van der Waals surface area contributed by atoms with Gasteiger partial charge in [0.2, 0.25) is 5.91 Å². The maximum Gasteiger partial charge on any atom is 0.262 e. The summed E-state index contributed by atoms with van der Waals surface area (Å²) >= 11 is 6.18. The number of carbonyl (C=O) groups is 1. The minimum absolute atomic E-state index is 0.0955. The smallest absolute Gasteiger partial charge is 0.262 e. The minimum atomic E-state index is -3.74. The first-order valence-corrected chi connectivity index (χ1v) is 12.0. The molecule has 0 bridgehead atoms. The standard InChI is InChI=1S/C22H24ClN3O3S/c23-17-7-3-6-16(14-17)22(11-1-2-12-22)21(27)25-18-8-4-9-19(15-18)30(28,29)26-20-10-5-13-24-20/h3-4,6-9,14-15H,1-2,5,10-13H2,(H,24,26)(H,25,27). The molecule has 1 aliphatic heterocycles. The third-order valence-corrected chi connectivity index (χ3v) is 7.41. The van der Waals surface area contributed by atoms with Gasteiger partial charge in [-0.3, -0.25) is 14.5 Å². The van der Waals surface area contributed by atoms with Crippen LogP contribution in [0.5, 0.6) is 0 Å². The van der Waals surface area contributed by atoms with E-state index < -0.39 is 15.4 Å². The highest BCUT2D eigenvalue weighted by Crippen LogP contribution is 2.42. The van der Waals surface area contributed by atoms with Gasteiger partial charge in [0.05, 0.1) is 10.3 Å². The van der Waals surface area contributed by atoms with Gasteiger partial charge in [-0.2, -0.15) is 0 Å². The van der Waals surface area contributed by atoms with Crippen LogP contribution >= 0.6 is 11.6 Å². The van der Waals surface area contributed by atoms with Gasteiger partial charge in [-0.1, -0.05) is 42.6 Å². The number of nitrogens with zero attached hydrogens (tertiary/aromatic N) is 1. The third kappa shape index (κ3) is 4.23. The van der Waals surface area contributed by atoms with Crippen molar-refractivity contribution in [2.75, 3.05) is 11.9 Å². The van der Waals surface area contributed by atoms with E-state index in [1.54, 1.807) is 18.2 Å². The molecule has 6 nitrogen and oxygen atoms in total. The number of halogens is 1. The number of carbonyl (C=O) groups excluding carboxylic acids is 1. The normalized spacial score (nSPS) is 18.1. The van der Waals surface area contributed by atoms with Gasteiger partial charge in [0.1, 0.15) is 5.84 Å². The van der Waals surface area contributed by atoms with Crippen LogP contribution in [-0.4, -0.2) is 26.7 Å². The van der Waals surface area contributed by atoms with E-state index in [9.17, 15) is 13.2 Å². The lowest BCUT2D eigenvalue weighted by Gasteiger charge is -2.28. The topological polar surface area (TPSA) is 87.6 Å². The molecule has 1 fully saturated rings. The average Bonchev–Trinajstić information content (AvgIpc) is 3.40. The van der Waals surface area contributed by atoms with Gasteiger partial charge in [0.15, 0.2) is 0 Å². The minimum Gasteiger partial charge on any atom is -0.325 e. The second-order valence-corrected chi connectivity index (χ2v) is 9.94. The van der Waals surface area contributed by atoms with Crippen LogP contribution in [0.1, 0.15) is 44.1 Å². The lowest BCUT2D eigenvalue weighted by atomic mass is 9.78. The van der Waals surface area contributed by atoms with Crippen LogP contribution < -0.4 is 10.0 Å². The van der Waals surface area contributed by atoms with Gasteiger partial charge in [-0.25, -0.2) is 8.42 Å². The molecule has 0 atom stereocenters. The SMILES string of the molecule is O=C(Nc1cccc(S(=O)(=O)NC2=NCCC2)c1)C1(c2cccc(Cl)c2)CCCC1. The highest BCUT2D eigenvalue weighted by atomic mass is 35.5. The Kier molecular flexibility index (Phi) is 5.84. The Bertz CT molecular complexity index is 1090. The zero-order valence-electron chi connectivity index (χ0n) is 16.5. The van der Waals surface area contributed by atoms with E-state index >= 15 is 0 Å². The highest BCUT2D eigenvalue weighted by molar-refractivity contribution is 7.90. The van der Waals surface area contributed by atoms with Crippen molar-refractivity contribution in [3.8, 4) is 0 Å². The second kappa shape index (κ2) is 8.40. The summed E-state index contributed by atoms with van der Waals surface area (Å²) < 4.78 is 27.9. The fourth-order valence-corrected chi connectivity index (χ4v) is 5.56. The molecule has 4 rings (SSSR count). The fourth-order valence-electron chi connectivity index (χ4n) is 4.24. The second-order valence-electron chi connectivity index (χ2n) is 7.82. The van der Waals surface area contributed by atoms with Crippen LogP contribution in [0, 0.1) is 0 Å². The quantitative estimate of drug-likeness (QED) is 0.720. The summed E-state index contributed by atoms with van der Waals surface area (Å²) in [5, 5.41) is 3.54. The first kappa shape index (κ1) is 20.9. The van der Waals surface area contributed by atoms with Gasteiger partial charge >= 0.3 is 0 Å². The van der Waals surface area contributed by atoms with E-state index in [1.807, 2.05) is 18.2 Å². The number of amides is 1. The molecule has 8 heteroatoms. The van der Waals surface area contributed by atoms with Crippen molar-refractivity contribution >= 4 is 39.1 Å². The molecule has 0 saturated heterocycles. The summed E-state index contributed by atoms with van der Waals surface area (Å²) in [5.74, 6) is 0.347. The number of nitrogens with one attached hydrogen (secondary N) is 2. The molecular formula is C22H24ClN3O3S. The molecule has 0 radical (unpaired) electrons. The molecular weight excluding hydrogens is 422 g/mol. The van der Waals surface area contributed by atoms with E-state index in [1.165, 1.54) is 12.1 Å². The molecule has 2 aromatic rings. The monoisotopic (exact) mass is 445 g/mol. The number of hydrogen-bond donors (Lipinski definition) is 2. The van der Waals surface area contributed by atoms with E-state index in [0.717, 1.165) is 37.7 Å². The molecule has 0 unspecified atom stereocenters. The number of sulfonamides is 1. The van der Waals surface area contributed by atoms with E-state index in [2.05, 4.69) is 15.0 Å². The molecule has 2 aliphatic rings. The number of hydrogen-bond acceptors (Lipinski definition) is 4. The Morgan fingerprint density at radius 1 is 1.03 bits per heavy atom. The predicted octanol–water partition coefficient (Wildman–Crippen LogP) is 4.26. The molecule has 1 heterocycles. The van der Waals surface area contributed by atoms with Gasteiger partial charge < -0.3 is 5.32 Å². The third-order valence-electron chi connectivity index (χ3n) is 5.80. The zero-order chi connectivity index (χ0) is 21.2. The van der Waals surface area contributed by atoms with Crippen molar-refractivity contribution < 1.29 is 13.2 Å². The number of amidine groups is 1. The Morgan fingerprint density at radius 3 is 2.50 bits per heavy atom. The van der Waals surface area contributed by atoms with Crippen LogP contribution in [0.15, 0.2) is 58.4 Å². The molecule has 1 saturated carbocycles. The lowest BCUT2D eigenvalue weighted by molar-refractivity contribution is -0.121. The first-order chi connectivity index (χ1) is 14.4. The fraction of sp³-hybridized carbons (Fsp3) is 0.364. The summed E-state index contributed by atoms with van der Waals surface area (Å²) in [4.78, 5) is 17.6. The molecule has 1 amide bonds. The predicted molar refractivity (Wildman–Crippen MR) is 119 cm³/mol. The first-order valence-electron chi connectivity index (χ1n) is 10.1. The van der Waals surface area contributed by atoms with Crippen molar-refractivity contribution in [3.63, 3.8) is 0 Å². The van der Waals surface area contributed by atoms with Crippen molar-refractivity contribution in [2.24, 2.45) is 4.99 Å². The van der Waals surface area contributed by atoms with Gasteiger partial charge in [0, 0.05) is 23.7 Å². The number of anilines is 1. The van der Waals surface area contributed by atoms with Crippen LogP contribution in [0.2, 0.25) is 5.02 Å². The van der Waals surface area contributed by atoms with E-state index in [4.69, 9.17) is 11.6 Å². The summed E-state index contributed by atoms with van der Waals surface area (Å²) in [6, 6.07) is 13.7. The molecule has 1 aliphatic carbocycles. The molecule has 0 aromatic heterocycles. The van der Waals surface area contributed by atoms with Crippen molar-refractivity contribution in [3.05, 3.63) is 59.1 Å². The summed E-state index contributed by atoms with van der Waals surface area (Å²) in [7, 11) is -3.74.